The van der Waals surface area contributed by atoms with Gasteiger partial charge in [0.15, 0.2) is 0 Å². The summed E-state index contributed by atoms with van der Waals surface area (Å²) in [5, 5.41) is 16.1. The van der Waals surface area contributed by atoms with Crippen molar-refractivity contribution in [1.82, 2.24) is 4.90 Å². The van der Waals surface area contributed by atoms with Gasteiger partial charge in [-0.3, -0.25) is 9.69 Å². The second-order valence-corrected chi connectivity index (χ2v) is 6.27. The van der Waals surface area contributed by atoms with Crippen LogP contribution in [-0.2, 0) is 16.1 Å². The lowest BCUT2D eigenvalue weighted by Crippen LogP contribution is -2.32. The first-order valence-corrected chi connectivity index (χ1v) is 8.41. The topological polar surface area (TPSA) is 91.0 Å². The largest absolute Gasteiger partial charge is 0.490 e. The molecule has 1 aromatic heterocycles. The molecule has 26 heavy (non-hydrogen) atoms. The number of hydrogen-bond acceptors (Lipinski definition) is 4. The van der Waals surface area contributed by atoms with Gasteiger partial charge in [0.1, 0.15) is 5.76 Å². The highest BCUT2D eigenvalue weighted by atomic mass is 19.4. The first-order valence-electron chi connectivity index (χ1n) is 8.41. The van der Waals surface area contributed by atoms with Crippen LogP contribution in [-0.4, -0.2) is 46.3 Å². The second kappa shape index (κ2) is 10.2. The third-order valence-corrected chi connectivity index (χ3v) is 4.36. The summed E-state index contributed by atoms with van der Waals surface area (Å²) in [6, 6.07) is 3.92. The molecule has 0 aromatic carbocycles. The molecule has 1 fully saturated rings. The molecule has 0 unspecified atom stereocenters. The van der Waals surface area contributed by atoms with Crippen molar-refractivity contribution in [2.75, 3.05) is 13.1 Å². The lowest BCUT2D eigenvalue weighted by Gasteiger charge is -2.30. The van der Waals surface area contributed by atoms with Gasteiger partial charge in [0, 0.05) is 6.54 Å². The van der Waals surface area contributed by atoms with E-state index in [1.54, 1.807) is 6.26 Å². The lowest BCUT2D eigenvalue weighted by atomic mass is 9.82. The van der Waals surface area contributed by atoms with Crippen LogP contribution >= 0.6 is 0 Å². The molecule has 0 amide bonds. The quantitative estimate of drug-likeness (QED) is 0.784. The lowest BCUT2D eigenvalue weighted by molar-refractivity contribution is -0.192. The molecule has 6 nitrogen and oxygen atoms in total. The Morgan fingerprint density at radius 2 is 1.81 bits per heavy atom. The standard InChI is InChI=1S/C15H23NO3.C2HF3O2/c1-2-16(11-14-4-3-9-19-14)10-12-5-7-13(8-6-12)15(17)18;3-2(4,5)1(6)7/h3-4,9,12-13H,2,5-8,10-11H2,1H3,(H,17,18);(H,6,7). The van der Waals surface area contributed by atoms with Gasteiger partial charge in [-0.2, -0.15) is 13.2 Å². The molecule has 0 aliphatic heterocycles. The molecule has 1 aliphatic rings. The average Bonchev–Trinajstić information content (AvgIpc) is 3.07. The number of carboxylic acids is 2. The normalized spacial score (nSPS) is 20.3. The zero-order valence-corrected chi connectivity index (χ0v) is 14.5. The maximum Gasteiger partial charge on any atom is 0.490 e. The Hall–Kier alpha value is -2.03. The predicted octanol–water partition coefficient (Wildman–Crippen LogP) is 3.63. The fourth-order valence-electron chi connectivity index (χ4n) is 2.89. The van der Waals surface area contributed by atoms with E-state index >= 15 is 0 Å². The number of carboxylic acid groups (broad SMARTS) is 2. The van der Waals surface area contributed by atoms with Gasteiger partial charge in [-0.1, -0.05) is 6.92 Å². The van der Waals surface area contributed by atoms with Crippen molar-refractivity contribution in [3.8, 4) is 0 Å². The highest BCUT2D eigenvalue weighted by Crippen LogP contribution is 2.29. The Kier molecular flexibility index (Phi) is 8.64. The van der Waals surface area contributed by atoms with Crippen LogP contribution < -0.4 is 0 Å². The van der Waals surface area contributed by atoms with Crippen molar-refractivity contribution in [2.45, 2.75) is 45.3 Å². The van der Waals surface area contributed by atoms with Gasteiger partial charge in [0.2, 0.25) is 0 Å². The number of aliphatic carboxylic acids is 2. The minimum absolute atomic E-state index is 0.114. The molecular formula is C17H24F3NO5. The molecule has 2 N–H and O–H groups in total. The number of furan rings is 1. The van der Waals surface area contributed by atoms with E-state index in [0.717, 1.165) is 51.1 Å². The van der Waals surface area contributed by atoms with Crippen LogP contribution in [0.4, 0.5) is 13.2 Å². The summed E-state index contributed by atoms with van der Waals surface area (Å²) in [4.78, 5) is 22.2. The monoisotopic (exact) mass is 379 g/mol. The molecule has 1 aromatic rings. The molecule has 0 bridgehead atoms. The third kappa shape index (κ3) is 7.90. The summed E-state index contributed by atoms with van der Waals surface area (Å²) in [6.07, 6.45) is 0.356. The van der Waals surface area contributed by atoms with Crippen LogP contribution in [0, 0.1) is 11.8 Å². The highest BCUT2D eigenvalue weighted by molar-refractivity contribution is 5.73. The molecule has 1 saturated carbocycles. The minimum atomic E-state index is -5.08. The van der Waals surface area contributed by atoms with Crippen molar-refractivity contribution in [3.63, 3.8) is 0 Å². The van der Waals surface area contributed by atoms with Gasteiger partial charge >= 0.3 is 18.1 Å². The number of carbonyl (C=O) groups is 2. The molecule has 0 radical (unpaired) electrons. The van der Waals surface area contributed by atoms with Gasteiger partial charge in [-0.05, 0) is 50.3 Å². The van der Waals surface area contributed by atoms with E-state index in [2.05, 4.69) is 11.8 Å². The van der Waals surface area contributed by atoms with E-state index < -0.39 is 18.1 Å². The van der Waals surface area contributed by atoms with Crippen molar-refractivity contribution in [3.05, 3.63) is 24.2 Å². The van der Waals surface area contributed by atoms with E-state index in [9.17, 15) is 18.0 Å². The number of rotatable bonds is 6. The van der Waals surface area contributed by atoms with Crippen LogP contribution in [0.15, 0.2) is 22.8 Å². The molecule has 1 aliphatic carbocycles. The number of nitrogens with zero attached hydrogens (tertiary/aromatic N) is 1. The first kappa shape index (κ1) is 22.0. The van der Waals surface area contributed by atoms with E-state index in [-0.39, 0.29) is 5.92 Å². The second-order valence-electron chi connectivity index (χ2n) is 6.27. The summed E-state index contributed by atoms with van der Waals surface area (Å²) in [6.45, 7) is 5.05. The smallest absolute Gasteiger partial charge is 0.481 e. The van der Waals surface area contributed by atoms with Gasteiger partial charge < -0.3 is 14.6 Å². The van der Waals surface area contributed by atoms with Crippen molar-refractivity contribution < 1.29 is 37.4 Å². The van der Waals surface area contributed by atoms with Crippen molar-refractivity contribution in [1.29, 1.82) is 0 Å². The SMILES string of the molecule is CCN(Cc1ccco1)CC1CCC(C(=O)O)CC1.O=C(O)C(F)(F)F. The zero-order chi connectivity index (χ0) is 19.7. The Morgan fingerprint density at radius 1 is 1.23 bits per heavy atom. The van der Waals surface area contributed by atoms with Gasteiger partial charge in [0.05, 0.1) is 18.7 Å². The van der Waals surface area contributed by atoms with Gasteiger partial charge in [-0.25, -0.2) is 4.79 Å². The molecule has 148 valence electrons. The van der Waals surface area contributed by atoms with Crippen molar-refractivity contribution in [2.24, 2.45) is 11.8 Å². The molecule has 0 spiro atoms. The number of hydrogen-bond donors (Lipinski definition) is 2. The summed E-state index contributed by atoms with van der Waals surface area (Å²) in [5.74, 6) is -1.86. The summed E-state index contributed by atoms with van der Waals surface area (Å²) >= 11 is 0. The highest BCUT2D eigenvalue weighted by Gasteiger charge is 2.38. The van der Waals surface area contributed by atoms with E-state index in [1.165, 1.54) is 0 Å². The Balaban J connectivity index is 0.000000412. The Morgan fingerprint density at radius 3 is 2.19 bits per heavy atom. The van der Waals surface area contributed by atoms with Crippen molar-refractivity contribution >= 4 is 11.9 Å². The molecule has 0 atom stereocenters. The molecule has 0 saturated heterocycles. The summed E-state index contributed by atoms with van der Waals surface area (Å²) in [7, 11) is 0. The third-order valence-electron chi connectivity index (χ3n) is 4.36. The van der Waals surface area contributed by atoms with E-state index in [0.29, 0.717) is 5.92 Å². The Bertz CT molecular complexity index is 551. The molecule has 9 heteroatoms. The Labute approximate surface area is 149 Å². The van der Waals surface area contributed by atoms with Gasteiger partial charge in [0.25, 0.3) is 0 Å². The fourth-order valence-corrected chi connectivity index (χ4v) is 2.89. The first-order chi connectivity index (χ1) is 12.1. The number of halogens is 3. The van der Waals surface area contributed by atoms with E-state index in [1.807, 2.05) is 12.1 Å². The van der Waals surface area contributed by atoms with Crippen LogP contribution in [0.1, 0.15) is 38.4 Å². The molecule has 1 heterocycles. The minimum Gasteiger partial charge on any atom is -0.481 e. The average molecular weight is 379 g/mol. The summed E-state index contributed by atoms with van der Waals surface area (Å²) < 4.78 is 37.1. The van der Waals surface area contributed by atoms with E-state index in [4.69, 9.17) is 19.4 Å². The number of alkyl halides is 3. The predicted molar refractivity (Wildman–Crippen MR) is 86.4 cm³/mol. The molecule has 2 rings (SSSR count). The zero-order valence-electron chi connectivity index (χ0n) is 14.5. The van der Waals surface area contributed by atoms with Crippen LogP contribution in [0.5, 0.6) is 0 Å². The maximum absolute atomic E-state index is 10.9. The van der Waals surface area contributed by atoms with Crippen LogP contribution in [0.3, 0.4) is 0 Å². The molecular weight excluding hydrogens is 355 g/mol. The van der Waals surface area contributed by atoms with Crippen LogP contribution in [0.25, 0.3) is 0 Å². The summed E-state index contributed by atoms with van der Waals surface area (Å²) in [5.41, 5.74) is 0. The maximum atomic E-state index is 10.9. The van der Waals surface area contributed by atoms with Crippen LogP contribution in [0.2, 0.25) is 0 Å². The van der Waals surface area contributed by atoms with Gasteiger partial charge in [-0.15, -0.1) is 0 Å². The fraction of sp³-hybridized carbons (Fsp3) is 0.647.